The maximum absolute atomic E-state index is 10.1. The number of nitrogens with zero attached hydrogens (tertiary/aromatic N) is 2. The number of nitrogens with one attached hydrogen (secondary N) is 1. The zero-order chi connectivity index (χ0) is 14.8. The van der Waals surface area contributed by atoms with E-state index in [9.17, 15) is 5.11 Å². The molecule has 1 aliphatic carbocycles. The van der Waals surface area contributed by atoms with Gasteiger partial charge in [0.1, 0.15) is 0 Å². The van der Waals surface area contributed by atoms with Gasteiger partial charge >= 0.3 is 0 Å². The van der Waals surface area contributed by atoms with Crippen LogP contribution in [0.4, 0.5) is 5.69 Å². The standard InChI is InChI=1S/C17H27N3O/c1-19(2)11-15-9-16(21)12-20(15)17-6-4-3-5-13(17)10-18-14-7-8-14/h3-6,14-16,18,21H,7-12H2,1-2H3. The molecule has 1 saturated carbocycles. The number of hydrogen-bond donors (Lipinski definition) is 2. The normalized spacial score (nSPS) is 25.8. The average Bonchev–Trinajstić information content (AvgIpc) is 3.20. The van der Waals surface area contributed by atoms with Crippen LogP contribution in [0.1, 0.15) is 24.8 Å². The lowest BCUT2D eigenvalue weighted by molar-refractivity contribution is 0.191. The summed E-state index contributed by atoms with van der Waals surface area (Å²) in [5.41, 5.74) is 2.64. The Balaban J connectivity index is 1.76. The molecule has 2 fully saturated rings. The first kappa shape index (κ1) is 14.8. The van der Waals surface area contributed by atoms with Crippen LogP contribution in [0, 0.1) is 0 Å². The summed E-state index contributed by atoms with van der Waals surface area (Å²) in [5, 5.41) is 13.7. The highest BCUT2D eigenvalue weighted by molar-refractivity contribution is 5.55. The van der Waals surface area contributed by atoms with Gasteiger partial charge in [0.25, 0.3) is 0 Å². The maximum Gasteiger partial charge on any atom is 0.0735 e. The third kappa shape index (κ3) is 3.76. The number of para-hydroxylation sites is 1. The minimum absolute atomic E-state index is 0.209. The summed E-state index contributed by atoms with van der Waals surface area (Å²) in [4.78, 5) is 4.61. The van der Waals surface area contributed by atoms with Gasteiger partial charge in [0, 0.05) is 37.4 Å². The van der Waals surface area contributed by atoms with Crippen molar-refractivity contribution in [3.05, 3.63) is 29.8 Å². The fourth-order valence-corrected chi connectivity index (χ4v) is 3.26. The van der Waals surface area contributed by atoms with Gasteiger partial charge in [-0.25, -0.2) is 0 Å². The SMILES string of the molecule is CN(C)CC1CC(O)CN1c1ccccc1CNC1CC1. The van der Waals surface area contributed by atoms with Gasteiger partial charge in [-0.1, -0.05) is 18.2 Å². The molecule has 0 radical (unpaired) electrons. The highest BCUT2D eigenvalue weighted by atomic mass is 16.3. The van der Waals surface area contributed by atoms with Crippen LogP contribution in [0.2, 0.25) is 0 Å². The maximum atomic E-state index is 10.1. The first-order valence-electron chi connectivity index (χ1n) is 8.04. The van der Waals surface area contributed by atoms with Crippen molar-refractivity contribution in [2.45, 2.75) is 44.0 Å². The molecule has 2 aliphatic rings. The van der Waals surface area contributed by atoms with Crippen LogP contribution in [0.25, 0.3) is 0 Å². The summed E-state index contributed by atoms with van der Waals surface area (Å²) >= 11 is 0. The van der Waals surface area contributed by atoms with Gasteiger partial charge in [-0.2, -0.15) is 0 Å². The van der Waals surface area contributed by atoms with E-state index in [0.29, 0.717) is 6.04 Å². The molecule has 116 valence electrons. The molecule has 1 saturated heterocycles. The number of benzene rings is 1. The number of aliphatic hydroxyl groups excluding tert-OH is 1. The summed E-state index contributed by atoms with van der Waals surface area (Å²) in [7, 11) is 4.20. The molecular weight excluding hydrogens is 262 g/mol. The van der Waals surface area contributed by atoms with Crippen molar-refractivity contribution in [1.29, 1.82) is 0 Å². The third-order valence-corrected chi connectivity index (χ3v) is 4.43. The van der Waals surface area contributed by atoms with Crippen LogP contribution in [-0.4, -0.2) is 55.4 Å². The number of rotatable bonds is 6. The molecule has 1 heterocycles. The molecular formula is C17H27N3O. The lowest BCUT2D eigenvalue weighted by Crippen LogP contribution is -2.38. The quantitative estimate of drug-likeness (QED) is 0.831. The van der Waals surface area contributed by atoms with Gasteiger partial charge < -0.3 is 20.2 Å². The Kier molecular flexibility index (Phi) is 4.48. The lowest BCUT2D eigenvalue weighted by Gasteiger charge is -2.30. The van der Waals surface area contributed by atoms with Gasteiger partial charge in [-0.15, -0.1) is 0 Å². The van der Waals surface area contributed by atoms with E-state index in [1.165, 1.54) is 24.1 Å². The predicted molar refractivity (Wildman–Crippen MR) is 86.6 cm³/mol. The largest absolute Gasteiger partial charge is 0.391 e. The van der Waals surface area contributed by atoms with E-state index in [0.717, 1.165) is 32.1 Å². The number of anilines is 1. The van der Waals surface area contributed by atoms with Crippen molar-refractivity contribution < 1.29 is 5.11 Å². The fraction of sp³-hybridized carbons (Fsp3) is 0.647. The van der Waals surface area contributed by atoms with Gasteiger partial charge in [0.15, 0.2) is 0 Å². The molecule has 2 unspecified atom stereocenters. The second-order valence-electron chi connectivity index (χ2n) is 6.74. The summed E-state index contributed by atoms with van der Waals surface area (Å²) in [6, 6.07) is 9.75. The van der Waals surface area contributed by atoms with E-state index in [1.807, 2.05) is 0 Å². The van der Waals surface area contributed by atoms with Crippen molar-refractivity contribution in [1.82, 2.24) is 10.2 Å². The predicted octanol–water partition coefficient (Wildman–Crippen LogP) is 1.44. The second-order valence-corrected chi connectivity index (χ2v) is 6.74. The van der Waals surface area contributed by atoms with Gasteiger partial charge in [0.2, 0.25) is 0 Å². The molecule has 2 N–H and O–H groups in total. The Hall–Kier alpha value is -1.10. The average molecular weight is 289 g/mol. The zero-order valence-electron chi connectivity index (χ0n) is 13.1. The Bertz CT molecular complexity index is 473. The van der Waals surface area contributed by atoms with Crippen LogP contribution >= 0.6 is 0 Å². The van der Waals surface area contributed by atoms with Crippen molar-refractivity contribution in [2.24, 2.45) is 0 Å². The molecule has 1 aliphatic heterocycles. The monoisotopic (exact) mass is 289 g/mol. The summed E-state index contributed by atoms with van der Waals surface area (Å²) in [6.45, 7) is 2.67. The van der Waals surface area contributed by atoms with Gasteiger partial charge in [-0.3, -0.25) is 0 Å². The molecule has 3 rings (SSSR count). The van der Waals surface area contributed by atoms with Crippen molar-refractivity contribution in [3.63, 3.8) is 0 Å². The Labute approximate surface area is 127 Å². The minimum atomic E-state index is -0.209. The number of hydrogen-bond acceptors (Lipinski definition) is 4. The molecule has 4 heteroatoms. The highest BCUT2D eigenvalue weighted by Crippen LogP contribution is 2.30. The molecule has 21 heavy (non-hydrogen) atoms. The van der Waals surface area contributed by atoms with E-state index in [2.05, 4.69) is 53.5 Å². The number of likely N-dealkylation sites (N-methyl/N-ethyl adjacent to an activating group) is 1. The molecule has 4 nitrogen and oxygen atoms in total. The first-order chi connectivity index (χ1) is 10.1. The highest BCUT2D eigenvalue weighted by Gasteiger charge is 2.32. The molecule has 0 aromatic heterocycles. The van der Waals surface area contributed by atoms with Crippen LogP contribution in [0.3, 0.4) is 0 Å². The summed E-state index contributed by atoms with van der Waals surface area (Å²) in [6.07, 6.45) is 3.28. The van der Waals surface area contributed by atoms with Crippen molar-refractivity contribution in [2.75, 3.05) is 32.1 Å². The molecule has 1 aromatic carbocycles. The zero-order valence-corrected chi connectivity index (χ0v) is 13.1. The van der Waals surface area contributed by atoms with Gasteiger partial charge in [-0.05, 0) is 45.0 Å². The number of aliphatic hydroxyl groups is 1. The summed E-state index contributed by atoms with van der Waals surface area (Å²) in [5.74, 6) is 0. The van der Waals surface area contributed by atoms with E-state index in [1.54, 1.807) is 0 Å². The molecule has 0 spiro atoms. The van der Waals surface area contributed by atoms with Crippen LogP contribution in [0.15, 0.2) is 24.3 Å². The molecule has 0 bridgehead atoms. The lowest BCUT2D eigenvalue weighted by atomic mass is 10.1. The third-order valence-electron chi connectivity index (χ3n) is 4.43. The topological polar surface area (TPSA) is 38.7 Å². The fourth-order valence-electron chi connectivity index (χ4n) is 3.26. The smallest absolute Gasteiger partial charge is 0.0735 e. The van der Waals surface area contributed by atoms with Crippen molar-refractivity contribution in [3.8, 4) is 0 Å². The van der Waals surface area contributed by atoms with Crippen LogP contribution in [0.5, 0.6) is 0 Å². The molecule has 2 atom stereocenters. The molecule has 1 aromatic rings. The van der Waals surface area contributed by atoms with E-state index >= 15 is 0 Å². The van der Waals surface area contributed by atoms with E-state index in [4.69, 9.17) is 0 Å². The van der Waals surface area contributed by atoms with E-state index in [-0.39, 0.29) is 6.10 Å². The van der Waals surface area contributed by atoms with Crippen LogP contribution < -0.4 is 10.2 Å². The van der Waals surface area contributed by atoms with Gasteiger partial charge in [0.05, 0.1) is 6.10 Å². The Morgan fingerprint density at radius 2 is 2.05 bits per heavy atom. The minimum Gasteiger partial charge on any atom is -0.391 e. The Morgan fingerprint density at radius 1 is 1.29 bits per heavy atom. The molecule has 0 amide bonds. The van der Waals surface area contributed by atoms with Crippen LogP contribution in [-0.2, 0) is 6.54 Å². The first-order valence-corrected chi connectivity index (χ1v) is 8.04. The number of β-amino-alcohol motifs (C(OH)–C–C–N with tert-alkyl or cyclic N) is 1. The second kappa shape index (κ2) is 6.34. The summed E-state index contributed by atoms with van der Waals surface area (Å²) < 4.78 is 0. The van der Waals surface area contributed by atoms with Crippen molar-refractivity contribution >= 4 is 5.69 Å². The van der Waals surface area contributed by atoms with E-state index < -0.39 is 0 Å². The Morgan fingerprint density at radius 3 is 2.76 bits per heavy atom.